The Kier molecular flexibility index (Phi) is 7.59. The largest absolute Gasteiger partial charge is 0.336 e. The van der Waals surface area contributed by atoms with Crippen LogP contribution in [0.3, 0.4) is 0 Å². The molecule has 0 amide bonds. The molecule has 0 unspecified atom stereocenters. The highest BCUT2D eigenvalue weighted by Gasteiger charge is 2.34. The summed E-state index contributed by atoms with van der Waals surface area (Å²) in [5, 5.41) is 5.24. The number of rotatable bonds is 4. The summed E-state index contributed by atoms with van der Waals surface area (Å²) in [7, 11) is 0. The van der Waals surface area contributed by atoms with Crippen molar-refractivity contribution in [2.24, 2.45) is 0 Å². The zero-order valence-corrected chi connectivity index (χ0v) is 31.4. The van der Waals surface area contributed by atoms with Gasteiger partial charge in [-0.05, 0) is 89.0 Å². The van der Waals surface area contributed by atoms with Gasteiger partial charge in [0.1, 0.15) is 0 Å². The SMILES string of the molecule is CC(C)(C)c1cccc2c1N(Cc1cccc3ccccc13)c1cc3c(cc1C2)N(Cc1cccc2ccccc12)c1c(cccc1C(C)(C)C)C3. The Morgan fingerprint density at radius 3 is 1.23 bits per heavy atom. The van der Waals surface area contributed by atoms with E-state index < -0.39 is 0 Å². The molecule has 2 heteroatoms. The molecule has 52 heavy (non-hydrogen) atoms. The predicted octanol–water partition coefficient (Wildman–Crippen LogP) is 13.1. The van der Waals surface area contributed by atoms with Crippen molar-refractivity contribution >= 4 is 44.3 Å². The summed E-state index contributed by atoms with van der Waals surface area (Å²) < 4.78 is 0. The summed E-state index contributed by atoms with van der Waals surface area (Å²) >= 11 is 0. The van der Waals surface area contributed by atoms with Gasteiger partial charge in [0, 0.05) is 48.7 Å². The number of hydrogen-bond acceptors (Lipinski definition) is 2. The zero-order chi connectivity index (χ0) is 35.8. The van der Waals surface area contributed by atoms with Gasteiger partial charge in [-0.1, -0.05) is 163 Å². The van der Waals surface area contributed by atoms with Crippen molar-refractivity contribution in [3.63, 3.8) is 0 Å². The van der Waals surface area contributed by atoms with Crippen LogP contribution < -0.4 is 9.80 Å². The summed E-state index contributed by atoms with van der Waals surface area (Å²) in [6.07, 6.45) is 1.84. The number of nitrogens with zero attached hydrogens (tertiary/aromatic N) is 2. The lowest BCUT2D eigenvalue weighted by Crippen LogP contribution is -2.30. The molecular formula is C50H48N2. The van der Waals surface area contributed by atoms with Crippen molar-refractivity contribution in [1.82, 2.24) is 0 Å². The van der Waals surface area contributed by atoms with Crippen LogP contribution in [0.25, 0.3) is 21.5 Å². The van der Waals surface area contributed by atoms with Gasteiger partial charge in [0.25, 0.3) is 0 Å². The van der Waals surface area contributed by atoms with Gasteiger partial charge in [0.15, 0.2) is 0 Å². The second-order valence-electron chi connectivity index (χ2n) is 17.0. The first-order valence-electron chi connectivity index (χ1n) is 18.9. The zero-order valence-electron chi connectivity index (χ0n) is 31.4. The predicted molar refractivity (Wildman–Crippen MR) is 222 cm³/mol. The van der Waals surface area contributed by atoms with Crippen molar-refractivity contribution in [2.75, 3.05) is 9.80 Å². The highest BCUT2D eigenvalue weighted by atomic mass is 15.2. The van der Waals surface area contributed by atoms with Gasteiger partial charge in [0.2, 0.25) is 0 Å². The topological polar surface area (TPSA) is 6.48 Å². The van der Waals surface area contributed by atoms with Crippen LogP contribution in [-0.2, 0) is 36.8 Å². The molecule has 9 rings (SSSR count). The molecule has 0 saturated heterocycles. The fourth-order valence-electron chi connectivity index (χ4n) is 8.95. The van der Waals surface area contributed by atoms with Crippen LogP contribution in [0.4, 0.5) is 22.7 Å². The number of para-hydroxylation sites is 2. The minimum Gasteiger partial charge on any atom is -0.336 e. The van der Waals surface area contributed by atoms with Crippen molar-refractivity contribution in [3.8, 4) is 0 Å². The molecule has 0 radical (unpaired) electrons. The van der Waals surface area contributed by atoms with Crippen molar-refractivity contribution in [3.05, 3.63) is 178 Å². The molecule has 2 heterocycles. The Bertz CT molecular complexity index is 2320. The van der Waals surface area contributed by atoms with E-state index in [0.29, 0.717) is 0 Å². The molecule has 0 aromatic heterocycles. The maximum atomic E-state index is 2.66. The van der Waals surface area contributed by atoms with Gasteiger partial charge in [-0.15, -0.1) is 0 Å². The van der Waals surface area contributed by atoms with Crippen LogP contribution in [0.1, 0.15) is 86.1 Å². The molecule has 7 aromatic rings. The molecule has 0 bridgehead atoms. The molecule has 7 aromatic carbocycles. The van der Waals surface area contributed by atoms with Gasteiger partial charge in [-0.25, -0.2) is 0 Å². The summed E-state index contributed by atoms with van der Waals surface area (Å²) in [6.45, 7) is 15.8. The number of hydrogen-bond donors (Lipinski definition) is 0. The van der Waals surface area contributed by atoms with Crippen LogP contribution in [0.15, 0.2) is 133 Å². The lowest BCUT2D eigenvalue weighted by atomic mass is 9.79. The van der Waals surface area contributed by atoms with Crippen LogP contribution in [0.2, 0.25) is 0 Å². The molecule has 0 saturated carbocycles. The Morgan fingerprint density at radius 2 is 0.808 bits per heavy atom. The van der Waals surface area contributed by atoms with E-state index in [1.807, 2.05) is 0 Å². The molecule has 2 nitrogen and oxygen atoms in total. The summed E-state index contributed by atoms with van der Waals surface area (Å²) in [4.78, 5) is 5.32. The third kappa shape index (κ3) is 5.48. The maximum Gasteiger partial charge on any atom is 0.0488 e. The van der Waals surface area contributed by atoms with Crippen LogP contribution in [0.5, 0.6) is 0 Å². The molecule has 258 valence electrons. The van der Waals surface area contributed by atoms with E-state index in [1.54, 1.807) is 0 Å². The van der Waals surface area contributed by atoms with E-state index >= 15 is 0 Å². The smallest absolute Gasteiger partial charge is 0.0488 e. The molecule has 0 N–H and O–H groups in total. The minimum atomic E-state index is 0.00557. The molecule has 0 spiro atoms. The first-order valence-corrected chi connectivity index (χ1v) is 18.9. The first kappa shape index (κ1) is 32.6. The van der Waals surface area contributed by atoms with Crippen LogP contribution in [-0.4, -0.2) is 0 Å². The van der Waals surface area contributed by atoms with Crippen molar-refractivity contribution in [2.45, 2.75) is 78.3 Å². The monoisotopic (exact) mass is 676 g/mol. The van der Waals surface area contributed by atoms with Gasteiger partial charge < -0.3 is 9.80 Å². The minimum absolute atomic E-state index is 0.00557. The lowest BCUT2D eigenvalue weighted by Gasteiger charge is -2.42. The molecule has 0 aliphatic carbocycles. The van der Waals surface area contributed by atoms with Gasteiger partial charge in [-0.2, -0.15) is 0 Å². The van der Waals surface area contributed by atoms with E-state index in [2.05, 4.69) is 185 Å². The van der Waals surface area contributed by atoms with E-state index in [9.17, 15) is 0 Å². The molecule has 0 fully saturated rings. The Balaban J connectivity index is 1.26. The van der Waals surface area contributed by atoms with E-state index in [0.717, 1.165) is 25.9 Å². The molecule has 0 atom stereocenters. The van der Waals surface area contributed by atoms with Gasteiger partial charge >= 0.3 is 0 Å². The number of benzene rings is 7. The highest BCUT2D eigenvalue weighted by Crippen LogP contribution is 2.51. The fourth-order valence-corrected chi connectivity index (χ4v) is 8.95. The standard InChI is InChI=1S/C50H48N2/c1-49(2,3)43-25-13-19-35-27-39-30-46-40(29-45(39)51(47(35)43)31-37-21-11-17-33-15-7-9-23-41(33)37)28-36-20-14-26-44(50(4,5)6)48(36)52(46)32-38-22-12-18-34-16-8-10-24-42(34)38/h7-26,29-30H,27-28,31-32H2,1-6H3. The third-order valence-electron chi connectivity index (χ3n) is 11.4. The van der Waals surface area contributed by atoms with E-state index in [4.69, 9.17) is 0 Å². The second-order valence-corrected chi connectivity index (χ2v) is 17.0. The number of fused-ring (bicyclic) bond motifs is 6. The van der Waals surface area contributed by atoms with E-state index in [1.165, 1.54) is 88.8 Å². The Labute approximate surface area is 309 Å². The van der Waals surface area contributed by atoms with Crippen molar-refractivity contribution < 1.29 is 0 Å². The summed E-state index contributed by atoms with van der Waals surface area (Å²) in [6, 6.07) is 50.4. The average Bonchev–Trinajstić information content (AvgIpc) is 3.13. The molecule has 2 aliphatic rings. The normalized spacial score (nSPS) is 13.9. The van der Waals surface area contributed by atoms with Crippen molar-refractivity contribution in [1.29, 1.82) is 0 Å². The fraction of sp³-hybridized carbons (Fsp3) is 0.240. The first-order chi connectivity index (χ1) is 25.0. The lowest BCUT2D eigenvalue weighted by molar-refractivity contribution is 0.587. The van der Waals surface area contributed by atoms with Gasteiger partial charge in [0.05, 0.1) is 0 Å². The Morgan fingerprint density at radius 1 is 0.423 bits per heavy atom. The van der Waals surface area contributed by atoms with Crippen LogP contribution >= 0.6 is 0 Å². The third-order valence-corrected chi connectivity index (χ3v) is 11.4. The summed E-state index contributed by atoms with van der Waals surface area (Å²) in [5.41, 5.74) is 16.6. The number of anilines is 4. The average molecular weight is 677 g/mol. The van der Waals surface area contributed by atoms with E-state index in [-0.39, 0.29) is 10.8 Å². The molecular weight excluding hydrogens is 629 g/mol. The second kappa shape index (κ2) is 12.1. The summed E-state index contributed by atoms with van der Waals surface area (Å²) in [5.74, 6) is 0. The Hall–Kier alpha value is -5.34. The van der Waals surface area contributed by atoms with Gasteiger partial charge in [-0.3, -0.25) is 0 Å². The quantitative estimate of drug-likeness (QED) is 0.183. The molecule has 2 aliphatic heterocycles. The van der Waals surface area contributed by atoms with Crippen LogP contribution in [0, 0.1) is 0 Å². The highest BCUT2D eigenvalue weighted by molar-refractivity contribution is 5.90. The maximum absolute atomic E-state index is 2.66.